The van der Waals surface area contributed by atoms with Crippen molar-refractivity contribution >= 4 is 38.3 Å². The third kappa shape index (κ3) is 3.06. The average Bonchev–Trinajstić information content (AvgIpc) is 3.18. The second-order valence-corrected chi connectivity index (χ2v) is 6.72. The molecule has 0 aliphatic heterocycles. The van der Waals surface area contributed by atoms with Crippen LogP contribution in [0.25, 0.3) is 16.6 Å². The zero-order valence-corrected chi connectivity index (χ0v) is 16.2. The van der Waals surface area contributed by atoms with Gasteiger partial charge in [0.15, 0.2) is 11.6 Å². The number of hydrogen-bond acceptors (Lipinski definition) is 5. The van der Waals surface area contributed by atoms with Crippen LogP contribution in [0.3, 0.4) is 0 Å². The van der Waals surface area contributed by atoms with E-state index in [-0.39, 0.29) is 5.82 Å². The first-order valence-corrected chi connectivity index (χ1v) is 8.96. The molecule has 4 aromatic rings. The number of fused-ring (bicyclic) bond motifs is 3. The summed E-state index contributed by atoms with van der Waals surface area (Å²) in [5, 5.41) is 3.30. The fraction of sp³-hybridized carbons (Fsp3) is 0.158. The van der Waals surface area contributed by atoms with E-state index in [1.54, 1.807) is 43.3 Å². The topological polar surface area (TPSA) is 60.7 Å². The van der Waals surface area contributed by atoms with Crippen LogP contribution in [0.15, 0.2) is 47.3 Å². The number of rotatable bonds is 5. The Bertz CT molecular complexity index is 1150. The van der Waals surface area contributed by atoms with Crippen LogP contribution in [0.5, 0.6) is 11.5 Å². The number of nitrogens with one attached hydrogen (secondary N) is 1. The van der Waals surface area contributed by atoms with E-state index in [1.165, 1.54) is 0 Å². The van der Waals surface area contributed by atoms with Crippen molar-refractivity contribution in [2.75, 3.05) is 19.5 Å². The molecule has 0 amide bonds. The van der Waals surface area contributed by atoms with E-state index in [9.17, 15) is 4.39 Å². The van der Waals surface area contributed by atoms with Crippen LogP contribution in [0.1, 0.15) is 5.56 Å². The Morgan fingerprint density at radius 1 is 1.19 bits per heavy atom. The number of ether oxygens (including phenoxy) is 2. The highest BCUT2D eigenvalue weighted by Crippen LogP contribution is 2.29. The highest BCUT2D eigenvalue weighted by atomic mass is 79.9. The molecule has 0 fully saturated rings. The highest BCUT2D eigenvalue weighted by molar-refractivity contribution is 9.10. The van der Waals surface area contributed by atoms with Gasteiger partial charge in [0.05, 0.1) is 36.7 Å². The van der Waals surface area contributed by atoms with Gasteiger partial charge in [-0.15, -0.1) is 0 Å². The van der Waals surface area contributed by atoms with E-state index in [1.807, 2.05) is 18.2 Å². The minimum Gasteiger partial charge on any atom is -0.497 e. The molecule has 2 aromatic heterocycles. The number of hydrogen-bond donors (Lipinski definition) is 1. The van der Waals surface area contributed by atoms with Crippen molar-refractivity contribution in [3.8, 4) is 11.5 Å². The zero-order chi connectivity index (χ0) is 19.0. The largest absolute Gasteiger partial charge is 0.497 e. The summed E-state index contributed by atoms with van der Waals surface area (Å²) < 4.78 is 27.3. The van der Waals surface area contributed by atoms with Gasteiger partial charge in [0, 0.05) is 18.2 Å². The minimum atomic E-state index is -0.369. The monoisotopic (exact) mass is 430 g/mol. The summed E-state index contributed by atoms with van der Waals surface area (Å²) in [6.07, 6.45) is 3.23. The Morgan fingerprint density at radius 2 is 2.04 bits per heavy atom. The molecule has 27 heavy (non-hydrogen) atoms. The first-order chi connectivity index (χ1) is 13.1. The van der Waals surface area contributed by atoms with Gasteiger partial charge >= 0.3 is 0 Å². The van der Waals surface area contributed by atoms with Crippen molar-refractivity contribution in [2.45, 2.75) is 6.54 Å². The molecule has 138 valence electrons. The number of halogens is 2. The van der Waals surface area contributed by atoms with E-state index in [4.69, 9.17) is 9.47 Å². The van der Waals surface area contributed by atoms with Gasteiger partial charge in [-0.2, -0.15) is 0 Å². The van der Waals surface area contributed by atoms with Crippen LogP contribution >= 0.6 is 15.9 Å². The van der Waals surface area contributed by atoms with Gasteiger partial charge < -0.3 is 14.8 Å². The number of benzene rings is 2. The average molecular weight is 431 g/mol. The Kier molecular flexibility index (Phi) is 4.57. The molecular formula is C19H16BrFN4O2. The summed E-state index contributed by atoms with van der Waals surface area (Å²) in [7, 11) is 3.22. The molecule has 6 nitrogen and oxygen atoms in total. The molecule has 8 heteroatoms. The molecule has 0 aliphatic carbocycles. The quantitative estimate of drug-likeness (QED) is 0.507. The van der Waals surface area contributed by atoms with Crippen molar-refractivity contribution in [2.24, 2.45) is 0 Å². The van der Waals surface area contributed by atoms with Gasteiger partial charge in [-0.25, -0.2) is 14.4 Å². The van der Waals surface area contributed by atoms with Crippen molar-refractivity contribution in [3.05, 3.63) is 58.7 Å². The van der Waals surface area contributed by atoms with Crippen molar-refractivity contribution < 1.29 is 13.9 Å². The molecule has 2 heterocycles. The molecule has 4 rings (SSSR count). The Hall–Kier alpha value is -2.87. The molecule has 0 spiro atoms. The Morgan fingerprint density at radius 3 is 2.81 bits per heavy atom. The van der Waals surface area contributed by atoms with Crippen molar-refractivity contribution in [3.63, 3.8) is 0 Å². The number of nitrogens with zero attached hydrogens (tertiary/aromatic N) is 3. The number of imidazole rings is 1. The summed E-state index contributed by atoms with van der Waals surface area (Å²) in [5.41, 5.74) is 2.54. The molecular weight excluding hydrogens is 415 g/mol. The second kappa shape index (κ2) is 7.03. The number of aromatic nitrogens is 3. The Labute approximate surface area is 163 Å². The lowest BCUT2D eigenvalue weighted by molar-refractivity contribution is 0.391. The molecule has 0 aliphatic rings. The van der Waals surface area contributed by atoms with E-state index in [0.717, 1.165) is 11.3 Å². The third-order valence-electron chi connectivity index (χ3n) is 4.34. The molecule has 0 saturated carbocycles. The lowest BCUT2D eigenvalue weighted by atomic mass is 10.2. The van der Waals surface area contributed by atoms with Crippen LogP contribution in [0, 0.1) is 5.82 Å². The van der Waals surface area contributed by atoms with E-state index < -0.39 is 0 Å². The van der Waals surface area contributed by atoms with Gasteiger partial charge in [-0.1, -0.05) is 0 Å². The number of methoxy groups -OCH3 is 2. The first-order valence-electron chi connectivity index (χ1n) is 8.17. The van der Waals surface area contributed by atoms with Crippen LogP contribution < -0.4 is 14.8 Å². The van der Waals surface area contributed by atoms with E-state index in [0.29, 0.717) is 39.1 Å². The summed E-state index contributed by atoms with van der Waals surface area (Å²) >= 11 is 3.22. The first kappa shape index (κ1) is 17.5. The summed E-state index contributed by atoms with van der Waals surface area (Å²) in [5.74, 6) is 1.67. The SMILES string of the molecule is COc1ccc(CNc2nc3ccc(Br)c(F)c3n3cncc23)c(OC)c1. The summed E-state index contributed by atoms with van der Waals surface area (Å²) in [4.78, 5) is 8.74. The maximum atomic E-state index is 14.6. The summed E-state index contributed by atoms with van der Waals surface area (Å²) in [6, 6.07) is 9.03. The van der Waals surface area contributed by atoms with Gasteiger partial charge in [-0.3, -0.25) is 4.40 Å². The minimum absolute atomic E-state index is 0.369. The van der Waals surface area contributed by atoms with Gasteiger partial charge in [-0.05, 0) is 40.2 Å². The Balaban J connectivity index is 1.74. The van der Waals surface area contributed by atoms with Crippen LogP contribution in [-0.2, 0) is 6.54 Å². The lowest BCUT2D eigenvalue weighted by Gasteiger charge is -2.13. The standard InChI is InChI=1S/C19H16BrFN4O2/c1-26-12-4-3-11(16(7-12)27-2)8-23-19-15-9-22-10-25(15)18-14(24-19)6-5-13(20)17(18)21/h3-7,9-10H,8H2,1-2H3,(H,23,24). The lowest BCUT2D eigenvalue weighted by Crippen LogP contribution is -2.06. The fourth-order valence-corrected chi connectivity index (χ4v) is 3.30. The van der Waals surface area contributed by atoms with Crippen molar-refractivity contribution in [1.29, 1.82) is 0 Å². The van der Waals surface area contributed by atoms with E-state index in [2.05, 4.69) is 31.2 Å². The molecule has 0 radical (unpaired) electrons. The fourth-order valence-electron chi connectivity index (χ4n) is 2.98. The highest BCUT2D eigenvalue weighted by Gasteiger charge is 2.15. The van der Waals surface area contributed by atoms with Crippen molar-refractivity contribution in [1.82, 2.24) is 14.4 Å². The maximum Gasteiger partial charge on any atom is 0.163 e. The third-order valence-corrected chi connectivity index (χ3v) is 4.95. The van der Waals surface area contributed by atoms with Crippen LogP contribution in [-0.4, -0.2) is 28.6 Å². The smallest absolute Gasteiger partial charge is 0.163 e. The second-order valence-electron chi connectivity index (χ2n) is 5.87. The number of anilines is 1. The normalized spacial score (nSPS) is 11.1. The predicted octanol–water partition coefficient (Wildman–Crippen LogP) is 4.41. The molecule has 0 bridgehead atoms. The van der Waals surface area contributed by atoms with E-state index >= 15 is 0 Å². The molecule has 0 saturated heterocycles. The maximum absolute atomic E-state index is 14.6. The zero-order valence-electron chi connectivity index (χ0n) is 14.7. The molecule has 0 unspecified atom stereocenters. The van der Waals surface area contributed by atoms with Crippen LogP contribution in [0.2, 0.25) is 0 Å². The van der Waals surface area contributed by atoms with Gasteiger partial charge in [0.2, 0.25) is 0 Å². The van der Waals surface area contributed by atoms with Crippen LogP contribution in [0.4, 0.5) is 10.2 Å². The summed E-state index contributed by atoms with van der Waals surface area (Å²) in [6.45, 7) is 0.478. The molecule has 2 aromatic carbocycles. The predicted molar refractivity (Wildman–Crippen MR) is 105 cm³/mol. The van der Waals surface area contributed by atoms with Gasteiger partial charge in [0.1, 0.15) is 22.5 Å². The molecule has 0 atom stereocenters. The molecule has 1 N–H and O–H groups in total. The van der Waals surface area contributed by atoms with Gasteiger partial charge in [0.25, 0.3) is 0 Å².